The molecule has 3 rings (SSSR count). The Balaban J connectivity index is 1.65. The van der Waals surface area contributed by atoms with Crippen LogP contribution in [0, 0.1) is 0 Å². The Morgan fingerprint density at radius 1 is 1.47 bits per heavy atom. The highest BCUT2D eigenvalue weighted by atomic mass is 35.5. The maximum atomic E-state index is 12.3. The second-order valence-electron chi connectivity index (χ2n) is 4.48. The Hall–Kier alpha value is -0.910. The molecule has 2 aromatic heterocycles. The van der Waals surface area contributed by atoms with Gasteiger partial charge >= 0.3 is 0 Å². The number of amides is 1. The molecule has 1 aliphatic rings. The molecular formula is C13H13ClN2OS2. The Morgan fingerprint density at radius 3 is 3.16 bits per heavy atom. The normalized spacial score (nSPS) is 14.5. The summed E-state index contributed by atoms with van der Waals surface area (Å²) in [5.74, 6) is 0.569. The molecule has 0 radical (unpaired) electrons. The standard InChI is InChI=1S/C13H13ClN2OS2/c14-6-10-8-19-12(15-10)5-13(17)16-3-1-11-9(7-16)2-4-18-11/h2,4,8H,1,3,5-7H2. The van der Waals surface area contributed by atoms with Crippen molar-refractivity contribution in [3.63, 3.8) is 0 Å². The first-order chi connectivity index (χ1) is 9.26. The van der Waals surface area contributed by atoms with Crippen molar-refractivity contribution >= 4 is 40.2 Å². The van der Waals surface area contributed by atoms with E-state index >= 15 is 0 Å². The van der Waals surface area contributed by atoms with Crippen molar-refractivity contribution in [2.45, 2.75) is 25.3 Å². The van der Waals surface area contributed by atoms with E-state index in [0.29, 0.717) is 12.3 Å². The third kappa shape index (κ3) is 2.83. The molecule has 0 saturated heterocycles. The van der Waals surface area contributed by atoms with Crippen LogP contribution in [0.4, 0.5) is 0 Å². The summed E-state index contributed by atoms with van der Waals surface area (Å²) in [5.41, 5.74) is 2.15. The van der Waals surface area contributed by atoms with Crippen molar-refractivity contribution in [2.24, 2.45) is 0 Å². The molecule has 0 fully saturated rings. The van der Waals surface area contributed by atoms with E-state index in [4.69, 9.17) is 11.6 Å². The zero-order valence-electron chi connectivity index (χ0n) is 10.3. The first-order valence-electron chi connectivity index (χ1n) is 6.08. The van der Waals surface area contributed by atoms with Gasteiger partial charge in [0.15, 0.2) is 0 Å². The summed E-state index contributed by atoms with van der Waals surface area (Å²) < 4.78 is 0. The highest BCUT2D eigenvalue weighted by molar-refractivity contribution is 7.10. The lowest BCUT2D eigenvalue weighted by Gasteiger charge is -2.26. The van der Waals surface area contributed by atoms with Gasteiger partial charge in [0.25, 0.3) is 0 Å². The summed E-state index contributed by atoms with van der Waals surface area (Å²) in [6.07, 6.45) is 1.37. The number of thiophene rings is 1. The second-order valence-corrected chi connectivity index (χ2v) is 6.69. The number of rotatable bonds is 3. The number of halogens is 1. The Morgan fingerprint density at radius 2 is 2.37 bits per heavy atom. The smallest absolute Gasteiger partial charge is 0.229 e. The zero-order chi connectivity index (χ0) is 13.2. The Labute approximate surface area is 124 Å². The van der Waals surface area contributed by atoms with Gasteiger partial charge in [0.1, 0.15) is 5.01 Å². The van der Waals surface area contributed by atoms with Gasteiger partial charge in [-0.05, 0) is 23.4 Å². The van der Waals surface area contributed by atoms with E-state index in [1.54, 1.807) is 11.3 Å². The quantitative estimate of drug-likeness (QED) is 0.816. The molecule has 6 heteroatoms. The monoisotopic (exact) mass is 312 g/mol. The maximum absolute atomic E-state index is 12.3. The van der Waals surface area contributed by atoms with E-state index in [1.807, 2.05) is 10.3 Å². The predicted octanol–water partition coefficient (Wildman–Crippen LogP) is 3.07. The van der Waals surface area contributed by atoms with Gasteiger partial charge in [-0.3, -0.25) is 4.79 Å². The fourth-order valence-electron chi connectivity index (χ4n) is 2.19. The van der Waals surface area contributed by atoms with E-state index in [1.165, 1.54) is 21.8 Å². The largest absolute Gasteiger partial charge is 0.338 e. The molecule has 0 aliphatic carbocycles. The van der Waals surface area contributed by atoms with Crippen molar-refractivity contribution in [2.75, 3.05) is 6.54 Å². The van der Waals surface area contributed by atoms with E-state index in [-0.39, 0.29) is 5.91 Å². The average Bonchev–Trinajstić information content (AvgIpc) is 3.05. The molecule has 100 valence electrons. The van der Waals surface area contributed by atoms with Crippen LogP contribution < -0.4 is 0 Å². The van der Waals surface area contributed by atoms with Crippen LogP contribution in [-0.4, -0.2) is 22.3 Å². The topological polar surface area (TPSA) is 33.2 Å². The van der Waals surface area contributed by atoms with Crippen LogP contribution in [0.5, 0.6) is 0 Å². The van der Waals surface area contributed by atoms with Gasteiger partial charge in [-0.1, -0.05) is 0 Å². The molecule has 1 amide bonds. The van der Waals surface area contributed by atoms with Crippen LogP contribution in [0.2, 0.25) is 0 Å². The molecular weight excluding hydrogens is 300 g/mol. The van der Waals surface area contributed by atoms with Crippen molar-refractivity contribution in [1.29, 1.82) is 0 Å². The van der Waals surface area contributed by atoms with Gasteiger partial charge in [0.05, 0.1) is 18.0 Å². The van der Waals surface area contributed by atoms with Crippen molar-refractivity contribution < 1.29 is 4.79 Å². The van der Waals surface area contributed by atoms with Crippen LogP contribution in [0.15, 0.2) is 16.8 Å². The van der Waals surface area contributed by atoms with Crippen molar-refractivity contribution in [3.05, 3.63) is 38.0 Å². The van der Waals surface area contributed by atoms with E-state index < -0.39 is 0 Å². The summed E-state index contributed by atoms with van der Waals surface area (Å²) in [7, 11) is 0. The molecule has 1 aliphatic heterocycles. The molecule has 0 unspecified atom stereocenters. The first kappa shape index (κ1) is 13.1. The number of fused-ring (bicyclic) bond motifs is 1. The number of carbonyl (C=O) groups excluding carboxylic acids is 1. The zero-order valence-corrected chi connectivity index (χ0v) is 12.7. The third-order valence-electron chi connectivity index (χ3n) is 3.20. The number of alkyl halides is 1. The highest BCUT2D eigenvalue weighted by Crippen LogP contribution is 2.24. The lowest BCUT2D eigenvalue weighted by molar-refractivity contribution is -0.131. The molecule has 0 spiro atoms. The number of thiazole rings is 1. The van der Waals surface area contributed by atoms with Gasteiger partial charge in [-0.25, -0.2) is 4.98 Å². The Kier molecular flexibility index (Phi) is 3.86. The van der Waals surface area contributed by atoms with Crippen LogP contribution in [0.1, 0.15) is 21.1 Å². The van der Waals surface area contributed by atoms with Gasteiger partial charge in [0, 0.05) is 23.3 Å². The number of hydrogen-bond donors (Lipinski definition) is 0. The van der Waals surface area contributed by atoms with Crippen molar-refractivity contribution in [1.82, 2.24) is 9.88 Å². The number of carbonyl (C=O) groups is 1. The molecule has 0 aromatic carbocycles. The highest BCUT2D eigenvalue weighted by Gasteiger charge is 2.22. The average molecular weight is 313 g/mol. The van der Waals surface area contributed by atoms with Crippen LogP contribution in [-0.2, 0) is 30.1 Å². The summed E-state index contributed by atoms with van der Waals surface area (Å²) >= 11 is 9.02. The van der Waals surface area contributed by atoms with Gasteiger partial charge in [-0.2, -0.15) is 0 Å². The van der Waals surface area contributed by atoms with Gasteiger partial charge in [-0.15, -0.1) is 34.3 Å². The minimum Gasteiger partial charge on any atom is -0.338 e. The van der Waals surface area contributed by atoms with Gasteiger partial charge < -0.3 is 4.90 Å². The first-order valence-corrected chi connectivity index (χ1v) is 8.38. The van der Waals surface area contributed by atoms with Gasteiger partial charge in [0.2, 0.25) is 5.91 Å². The molecule has 2 aromatic rings. The predicted molar refractivity (Wildman–Crippen MR) is 78.8 cm³/mol. The number of hydrogen-bond acceptors (Lipinski definition) is 4. The molecule has 3 heterocycles. The second kappa shape index (κ2) is 5.61. The van der Waals surface area contributed by atoms with Crippen LogP contribution >= 0.6 is 34.3 Å². The fraction of sp³-hybridized carbons (Fsp3) is 0.385. The SMILES string of the molecule is O=C(Cc1nc(CCl)cs1)N1CCc2sccc2C1. The number of nitrogens with zero attached hydrogens (tertiary/aromatic N) is 2. The lowest BCUT2D eigenvalue weighted by atomic mass is 10.1. The maximum Gasteiger partial charge on any atom is 0.229 e. The molecule has 0 atom stereocenters. The Bertz CT molecular complexity index is 593. The van der Waals surface area contributed by atoms with E-state index in [9.17, 15) is 4.79 Å². The molecule has 0 saturated carbocycles. The van der Waals surface area contributed by atoms with Crippen LogP contribution in [0.3, 0.4) is 0 Å². The lowest BCUT2D eigenvalue weighted by Crippen LogP contribution is -2.36. The molecule has 3 nitrogen and oxygen atoms in total. The third-order valence-corrected chi connectivity index (χ3v) is 5.39. The minimum atomic E-state index is 0.160. The number of aromatic nitrogens is 1. The van der Waals surface area contributed by atoms with Crippen molar-refractivity contribution in [3.8, 4) is 0 Å². The molecule has 19 heavy (non-hydrogen) atoms. The summed E-state index contributed by atoms with van der Waals surface area (Å²) in [6.45, 7) is 1.56. The van der Waals surface area contributed by atoms with Crippen LogP contribution in [0.25, 0.3) is 0 Å². The summed E-state index contributed by atoms with van der Waals surface area (Å²) in [4.78, 5) is 19.9. The molecule has 0 bridgehead atoms. The summed E-state index contributed by atoms with van der Waals surface area (Å²) in [5, 5.41) is 4.88. The van der Waals surface area contributed by atoms with E-state index in [2.05, 4.69) is 16.4 Å². The molecule has 0 N–H and O–H groups in total. The van der Waals surface area contributed by atoms with E-state index in [0.717, 1.165) is 30.2 Å². The summed E-state index contributed by atoms with van der Waals surface area (Å²) in [6, 6.07) is 2.12. The minimum absolute atomic E-state index is 0.160. The fourth-order valence-corrected chi connectivity index (χ4v) is 4.10.